The molecule has 5 heteroatoms. The normalized spacial score (nSPS) is 18.3. The SMILES string of the molecule is O=c1[nH]c(CN2CCCC2c2ccc(F)cc2)nc2ccccc12. The highest BCUT2D eigenvalue weighted by molar-refractivity contribution is 5.77. The lowest BCUT2D eigenvalue weighted by atomic mass is 10.0. The molecular formula is C19H18FN3O. The fraction of sp³-hybridized carbons (Fsp3) is 0.263. The smallest absolute Gasteiger partial charge is 0.258 e. The maximum absolute atomic E-state index is 13.1. The lowest BCUT2D eigenvalue weighted by Crippen LogP contribution is -2.25. The first-order valence-electron chi connectivity index (χ1n) is 8.18. The molecular weight excluding hydrogens is 305 g/mol. The van der Waals surface area contributed by atoms with E-state index in [0.717, 1.165) is 24.9 Å². The summed E-state index contributed by atoms with van der Waals surface area (Å²) in [5.74, 6) is 0.455. The monoisotopic (exact) mass is 323 g/mol. The van der Waals surface area contributed by atoms with Crippen molar-refractivity contribution in [2.45, 2.75) is 25.4 Å². The molecule has 1 saturated heterocycles. The maximum Gasteiger partial charge on any atom is 0.258 e. The van der Waals surface area contributed by atoms with Gasteiger partial charge in [0.2, 0.25) is 0 Å². The van der Waals surface area contributed by atoms with Gasteiger partial charge in [-0.25, -0.2) is 9.37 Å². The molecule has 0 amide bonds. The average Bonchev–Trinajstić information content (AvgIpc) is 3.04. The highest BCUT2D eigenvalue weighted by Crippen LogP contribution is 2.32. The predicted octanol–water partition coefficient (Wildman–Crippen LogP) is 3.40. The molecule has 1 unspecified atom stereocenters. The fourth-order valence-corrected chi connectivity index (χ4v) is 3.48. The lowest BCUT2D eigenvalue weighted by molar-refractivity contribution is 0.242. The fourth-order valence-electron chi connectivity index (χ4n) is 3.48. The molecule has 1 aliphatic heterocycles. The number of hydrogen-bond donors (Lipinski definition) is 1. The first-order valence-corrected chi connectivity index (χ1v) is 8.18. The Bertz CT molecular complexity index is 920. The summed E-state index contributed by atoms with van der Waals surface area (Å²) in [4.78, 5) is 22.0. The Hall–Kier alpha value is -2.53. The summed E-state index contributed by atoms with van der Waals surface area (Å²) in [5.41, 5.74) is 1.72. The quantitative estimate of drug-likeness (QED) is 0.804. The van der Waals surface area contributed by atoms with Crippen LogP contribution in [0.1, 0.15) is 30.3 Å². The van der Waals surface area contributed by atoms with Gasteiger partial charge >= 0.3 is 0 Å². The van der Waals surface area contributed by atoms with Crippen LogP contribution in [-0.2, 0) is 6.54 Å². The summed E-state index contributed by atoms with van der Waals surface area (Å²) >= 11 is 0. The van der Waals surface area contributed by atoms with E-state index in [4.69, 9.17) is 0 Å². The number of para-hydroxylation sites is 1. The Morgan fingerprint density at radius 3 is 2.79 bits per heavy atom. The standard InChI is InChI=1S/C19H18FN3O/c20-14-9-7-13(8-10-14)17-6-3-11-23(17)12-18-21-16-5-2-1-4-15(16)19(24)22-18/h1-2,4-5,7-10,17H,3,6,11-12H2,(H,21,22,24). The van der Waals surface area contributed by atoms with E-state index in [-0.39, 0.29) is 17.4 Å². The van der Waals surface area contributed by atoms with Gasteiger partial charge in [0.05, 0.1) is 17.4 Å². The number of H-pyrrole nitrogens is 1. The Labute approximate surface area is 139 Å². The van der Waals surface area contributed by atoms with Gasteiger partial charge in [-0.3, -0.25) is 9.69 Å². The third kappa shape index (κ3) is 2.83. The van der Waals surface area contributed by atoms with E-state index in [1.54, 1.807) is 6.07 Å². The molecule has 122 valence electrons. The van der Waals surface area contributed by atoms with Crippen LogP contribution in [0.5, 0.6) is 0 Å². The number of rotatable bonds is 3. The van der Waals surface area contributed by atoms with Gasteiger partial charge in [-0.1, -0.05) is 24.3 Å². The van der Waals surface area contributed by atoms with Gasteiger partial charge < -0.3 is 4.98 Å². The highest BCUT2D eigenvalue weighted by atomic mass is 19.1. The van der Waals surface area contributed by atoms with Crippen molar-refractivity contribution in [2.24, 2.45) is 0 Å². The predicted molar refractivity (Wildman–Crippen MR) is 91.1 cm³/mol. The number of nitrogens with zero attached hydrogens (tertiary/aromatic N) is 2. The van der Waals surface area contributed by atoms with Crippen LogP contribution in [0.15, 0.2) is 53.3 Å². The molecule has 0 radical (unpaired) electrons. The van der Waals surface area contributed by atoms with Crippen molar-refractivity contribution in [1.82, 2.24) is 14.9 Å². The number of halogens is 1. The second-order valence-corrected chi connectivity index (χ2v) is 6.21. The van der Waals surface area contributed by atoms with Gasteiger partial charge in [0.1, 0.15) is 11.6 Å². The lowest BCUT2D eigenvalue weighted by Gasteiger charge is -2.24. The summed E-state index contributed by atoms with van der Waals surface area (Å²) in [6, 6.07) is 14.3. The largest absolute Gasteiger partial charge is 0.309 e. The molecule has 1 aliphatic rings. The Morgan fingerprint density at radius 2 is 1.96 bits per heavy atom. The summed E-state index contributed by atoms with van der Waals surface area (Å²) in [6.07, 6.45) is 2.11. The van der Waals surface area contributed by atoms with Gasteiger partial charge in [-0.2, -0.15) is 0 Å². The minimum absolute atomic E-state index is 0.104. The van der Waals surface area contributed by atoms with Crippen molar-refractivity contribution < 1.29 is 4.39 Å². The van der Waals surface area contributed by atoms with E-state index >= 15 is 0 Å². The van der Waals surface area contributed by atoms with Crippen molar-refractivity contribution in [2.75, 3.05) is 6.54 Å². The number of hydrogen-bond acceptors (Lipinski definition) is 3. The zero-order valence-corrected chi connectivity index (χ0v) is 13.2. The zero-order chi connectivity index (χ0) is 16.5. The van der Waals surface area contributed by atoms with Crippen LogP contribution in [0.25, 0.3) is 10.9 Å². The van der Waals surface area contributed by atoms with E-state index in [0.29, 0.717) is 23.3 Å². The Kier molecular flexibility index (Phi) is 3.86. The summed E-state index contributed by atoms with van der Waals surface area (Å²) in [5, 5.41) is 0.609. The minimum atomic E-state index is -0.219. The van der Waals surface area contributed by atoms with Gasteiger partial charge in [-0.05, 0) is 49.2 Å². The first kappa shape index (κ1) is 15.0. The summed E-state index contributed by atoms with van der Waals surface area (Å²) < 4.78 is 13.1. The van der Waals surface area contributed by atoms with Crippen LogP contribution >= 0.6 is 0 Å². The zero-order valence-electron chi connectivity index (χ0n) is 13.2. The molecule has 2 aromatic carbocycles. The number of fused-ring (bicyclic) bond motifs is 1. The van der Waals surface area contributed by atoms with Crippen LogP contribution in [0.4, 0.5) is 4.39 Å². The third-order valence-electron chi connectivity index (χ3n) is 4.63. The molecule has 1 fully saturated rings. The number of aromatic amines is 1. The molecule has 3 aromatic rings. The average molecular weight is 323 g/mol. The summed E-state index contributed by atoms with van der Waals surface area (Å²) in [6.45, 7) is 1.53. The second-order valence-electron chi connectivity index (χ2n) is 6.21. The molecule has 0 aliphatic carbocycles. The minimum Gasteiger partial charge on any atom is -0.309 e. The van der Waals surface area contributed by atoms with E-state index in [1.807, 2.05) is 30.3 Å². The van der Waals surface area contributed by atoms with Gasteiger partial charge in [0.15, 0.2) is 0 Å². The van der Waals surface area contributed by atoms with E-state index < -0.39 is 0 Å². The van der Waals surface area contributed by atoms with Crippen molar-refractivity contribution in [3.8, 4) is 0 Å². The third-order valence-corrected chi connectivity index (χ3v) is 4.63. The number of nitrogens with one attached hydrogen (secondary N) is 1. The van der Waals surface area contributed by atoms with Crippen molar-refractivity contribution >= 4 is 10.9 Å². The molecule has 4 nitrogen and oxygen atoms in total. The Morgan fingerprint density at radius 1 is 1.17 bits per heavy atom. The van der Waals surface area contributed by atoms with E-state index in [2.05, 4.69) is 14.9 Å². The maximum atomic E-state index is 13.1. The molecule has 1 atom stereocenters. The van der Waals surface area contributed by atoms with Gasteiger partial charge in [-0.15, -0.1) is 0 Å². The second kappa shape index (κ2) is 6.17. The molecule has 0 saturated carbocycles. The molecule has 1 aromatic heterocycles. The molecule has 0 spiro atoms. The number of benzene rings is 2. The van der Waals surface area contributed by atoms with Crippen molar-refractivity contribution in [3.05, 3.63) is 76.1 Å². The molecule has 24 heavy (non-hydrogen) atoms. The Balaban J connectivity index is 1.62. The molecule has 2 heterocycles. The molecule has 1 N–H and O–H groups in total. The van der Waals surface area contributed by atoms with Crippen molar-refractivity contribution in [1.29, 1.82) is 0 Å². The van der Waals surface area contributed by atoms with E-state index in [9.17, 15) is 9.18 Å². The van der Waals surface area contributed by atoms with Gasteiger partial charge in [0, 0.05) is 6.04 Å². The number of likely N-dealkylation sites (tertiary alicyclic amines) is 1. The molecule has 0 bridgehead atoms. The molecule has 4 rings (SSSR count). The van der Waals surface area contributed by atoms with Crippen LogP contribution < -0.4 is 5.56 Å². The van der Waals surface area contributed by atoms with Crippen LogP contribution in [0, 0.1) is 5.82 Å². The summed E-state index contributed by atoms with van der Waals surface area (Å²) in [7, 11) is 0. The first-order chi connectivity index (χ1) is 11.7. The topological polar surface area (TPSA) is 49.0 Å². The number of aromatic nitrogens is 2. The van der Waals surface area contributed by atoms with Crippen LogP contribution in [0.2, 0.25) is 0 Å². The van der Waals surface area contributed by atoms with Gasteiger partial charge in [0.25, 0.3) is 5.56 Å². The van der Waals surface area contributed by atoms with E-state index in [1.165, 1.54) is 12.1 Å². The van der Waals surface area contributed by atoms with Crippen molar-refractivity contribution in [3.63, 3.8) is 0 Å². The highest BCUT2D eigenvalue weighted by Gasteiger charge is 2.26. The van der Waals surface area contributed by atoms with Crippen LogP contribution in [0.3, 0.4) is 0 Å². The van der Waals surface area contributed by atoms with Crippen LogP contribution in [-0.4, -0.2) is 21.4 Å².